The number of nitro benzene ring substituents is 1. The van der Waals surface area contributed by atoms with Gasteiger partial charge in [0.2, 0.25) is 0 Å². The minimum absolute atomic E-state index is 0.0218. The molecule has 1 saturated heterocycles. The maximum Gasteiger partial charge on any atom is 0.271 e. The standard InChI is InChI=1S/C13H18ClN3O2/c1-2-16-6-5-10(9-16)8-15-13-4-3-11(17(18)19)7-12(13)14/h3-4,7,10,15H,2,5-6,8-9H2,1H3. The first-order valence-electron chi connectivity index (χ1n) is 6.50. The number of nitrogens with one attached hydrogen (secondary N) is 1. The predicted molar refractivity (Wildman–Crippen MR) is 76.8 cm³/mol. The van der Waals surface area contributed by atoms with E-state index in [4.69, 9.17) is 11.6 Å². The van der Waals surface area contributed by atoms with E-state index in [1.807, 2.05) is 0 Å². The third-order valence-corrected chi connectivity index (χ3v) is 3.87. The second-order valence-corrected chi connectivity index (χ2v) is 5.26. The molecule has 1 atom stereocenters. The summed E-state index contributed by atoms with van der Waals surface area (Å²) in [4.78, 5) is 12.6. The Bertz CT molecular complexity index is 467. The predicted octanol–water partition coefficient (Wildman–Crippen LogP) is 3.00. The van der Waals surface area contributed by atoms with Crippen LogP contribution in [-0.2, 0) is 0 Å². The van der Waals surface area contributed by atoms with Crippen LogP contribution in [-0.4, -0.2) is 36.0 Å². The maximum atomic E-state index is 10.6. The molecule has 1 aromatic carbocycles. The molecule has 5 nitrogen and oxygen atoms in total. The molecule has 1 aromatic rings. The summed E-state index contributed by atoms with van der Waals surface area (Å²) in [6.07, 6.45) is 1.19. The van der Waals surface area contributed by atoms with Gasteiger partial charge in [-0.1, -0.05) is 18.5 Å². The second kappa shape index (κ2) is 6.21. The Balaban J connectivity index is 1.91. The second-order valence-electron chi connectivity index (χ2n) is 4.85. The third-order valence-electron chi connectivity index (χ3n) is 3.56. The number of benzene rings is 1. The van der Waals surface area contributed by atoms with Gasteiger partial charge in [-0.3, -0.25) is 10.1 Å². The Hall–Kier alpha value is -1.33. The van der Waals surface area contributed by atoms with Crippen LogP contribution in [0.1, 0.15) is 13.3 Å². The molecule has 1 aliphatic heterocycles. The van der Waals surface area contributed by atoms with Crippen LogP contribution in [0.5, 0.6) is 0 Å². The average Bonchev–Trinajstić information content (AvgIpc) is 2.85. The Morgan fingerprint density at radius 1 is 1.58 bits per heavy atom. The molecule has 1 aliphatic rings. The highest BCUT2D eigenvalue weighted by molar-refractivity contribution is 6.33. The number of nitrogens with zero attached hydrogens (tertiary/aromatic N) is 2. The van der Waals surface area contributed by atoms with E-state index >= 15 is 0 Å². The number of non-ortho nitro benzene ring substituents is 1. The average molecular weight is 284 g/mol. The summed E-state index contributed by atoms with van der Waals surface area (Å²) in [5.41, 5.74) is 0.788. The topological polar surface area (TPSA) is 58.4 Å². The fourth-order valence-corrected chi connectivity index (χ4v) is 2.62. The molecule has 0 aliphatic carbocycles. The van der Waals surface area contributed by atoms with Gasteiger partial charge >= 0.3 is 0 Å². The van der Waals surface area contributed by atoms with Crippen LogP contribution in [0.3, 0.4) is 0 Å². The zero-order valence-electron chi connectivity index (χ0n) is 10.9. The lowest BCUT2D eigenvalue weighted by Gasteiger charge is -2.15. The molecule has 0 radical (unpaired) electrons. The highest BCUT2D eigenvalue weighted by Crippen LogP contribution is 2.27. The normalized spacial score (nSPS) is 19.6. The number of hydrogen-bond donors (Lipinski definition) is 1. The molecule has 104 valence electrons. The number of likely N-dealkylation sites (tertiary alicyclic amines) is 1. The van der Waals surface area contributed by atoms with Gasteiger partial charge in [0.1, 0.15) is 0 Å². The molecular formula is C13H18ClN3O2. The molecule has 0 spiro atoms. The zero-order chi connectivity index (χ0) is 13.8. The van der Waals surface area contributed by atoms with Crippen LogP contribution in [0, 0.1) is 16.0 Å². The van der Waals surface area contributed by atoms with Crippen molar-refractivity contribution in [3.05, 3.63) is 33.3 Å². The fourth-order valence-electron chi connectivity index (χ4n) is 2.38. The molecule has 0 amide bonds. The summed E-state index contributed by atoms with van der Waals surface area (Å²) < 4.78 is 0. The lowest BCUT2D eigenvalue weighted by atomic mass is 10.1. The molecule has 1 fully saturated rings. The van der Waals surface area contributed by atoms with Crippen LogP contribution >= 0.6 is 11.6 Å². The van der Waals surface area contributed by atoms with Crippen molar-refractivity contribution in [1.29, 1.82) is 0 Å². The fraction of sp³-hybridized carbons (Fsp3) is 0.538. The van der Waals surface area contributed by atoms with E-state index in [1.54, 1.807) is 6.07 Å². The Labute approximate surface area is 117 Å². The molecular weight excluding hydrogens is 266 g/mol. The van der Waals surface area contributed by atoms with Crippen molar-refractivity contribution in [2.75, 3.05) is 31.5 Å². The van der Waals surface area contributed by atoms with E-state index < -0.39 is 4.92 Å². The number of halogens is 1. The summed E-state index contributed by atoms with van der Waals surface area (Å²) in [6, 6.07) is 4.53. The van der Waals surface area contributed by atoms with Gasteiger partial charge < -0.3 is 10.2 Å². The van der Waals surface area contributed by atoms with Crippen molar-refractivity contribution < 1.29 is 4.92 Å². The molecule has 6 heteroatoms. The van der Waals surface area contributed by atoms with Gasteiger partial charge in [-0.05, 0) is 31.5 Å². The van der Waals surface area contributed by atoms with Gasteiger partial charge in [0.25, 0.3) is 5.69 Å². The molecule has 2 rings (SSSR count). The van der Waals surface area contributed by atoms with Gasteiger partial charge in [-0.25, -0.2) is 0 Å². The summed E-state index contributed by atoms with van der Waals surface area (Å²) in [5, 5.41) is 14.3. The molecule has 1 unspecified atom stereocenters. The van der Waals surface area contributed by atoms with Gasteiger partial charge in [-0.15, -0.1) is 0 Å². The van der Waals surface area contributed by atoms with Crippen molar-refractivity contribution in [2.24, 2.45) is 5.92 Å². The molecule has 0 bridgehead atoms. The largest absolute Gasteiger partial charge is 0.384 e. The van der Waals surface area contributed by atoms with E-state index in [2.05, 4.69) is 17.1 Å². The summed E-state index contributed by atoms with van der Waals surface area (Å²) >= 11 is 6.04. The van der Waals surface area contributed by atoms with Crippen molar-refractivity contribution >= 4 is 23.0 Å². The molecule has 0 saturated carbocycles. The van der Waals surface area contributed by atoms with Gasteiger partial charge in [-0.2, -0.15) is 0 Å². The quantitative estimate of drug-likeness (QED) is 0.667. The summed E-state index contributed by atoms with van der Waals surface area (Å²) in [7, 11) is 0. The van der Waals surface area contributed by atoms with Crippen LogP contribution in [0.25, 0.3) is 0 Å². The maximum absolute atomic E-state index is 10.6. The Morgan fingerprint density at radius 2 is 2.37 bits per heavy atom. The van der Waals surface area contributed by atoms with Crippen LogP contribution in [0.15, 0.2) is 18.2 Å². The van der Waals surface area contributed by atoms with Gasteiger partial charge in [0.05, 0.1) is 15.6 Å². The minimum atomic E-state index is -0.439. The number of hydrogen-bond acceptors (Lipinski definition) is 4. The Kier molecular flexibility index (Phi) is 4.61. The number of rotatable bonds is 5. The highest BCUT2D eigenvalue weighted by atomic mass is 35.5. The number of nitro groups is 1. The lowest BCUT2D eigenvalue weighted by Crippen LogP contribution is -2.22. The third kappa shape index (κ3) is 3.58. The number of anilines is 1. The van der Waals surface area contributed by atoms with Crippen molar-refractivity contribution in [1.82, 2.24) is 4.90 Å². The molecule has 1 N–H and O–H groups in total. The van der Waals surface area contributed by atoms with Crippen LogP contribution in [0.4, 0.5) is 11.4 Å². The summed E-state index contributed by atoms with van der Waals surface area (Å²) in [5.74, 6) is 0.617. The molecule has 1 heterocycles. The minimum Gasteiger partial charge on any atom is -0.384 e. The Morgan fingerprint density at radius 3 is 2.95 bits per heavy atom. The highest BCUT2D eigenvalue weighted by Gasteiger charge is 2.21. The van der Waals surface area contributed by atoms with Crippen LogP contribution in [0.2, 0.25) is 5.02 Å². The van der Waals surface area contributed by atoms with E-state index in [-0.39, 0.29) is 5.69 Å². The monoisotopic (exact) mass is 283 g/mol. The van der Waals surface area contributed by atoms with Crippen LogP contribution < -0.4 is 5.32 Å². The first kappa shape index (κ1) is 14.1. The smallest absolute Gasteiger partial charge is 0.271 e. The summed E-state index contributed by atoms with van der Waals surface area (Å²) in [6.45, 7) is 6.37. The first-order chi connectivity index (χ1) is 9.10. The molecule has 19 heavy (non-hydrogen) atoms. The van der Waals surface area contributed by atoms with E-state index in [0.29, 0.717) is 10.9 Å². The SMILES string of the molecule is CCN1CCC(CNc2ccc([N+](=O)[O-])cc2Cl)C1. The zero-order valence-corrected chi connectivity index (χ0v) is 11.7. The van der Waals surface area contributed by atoms with E-state index in [1.165, 1.54) is 18.6 Å². The van der Waals surface area contributed by atoms with Crippen molar-refractivity contribution in [3.63, 3.8) is 0 Å². The van der Waals surface area contributed by atoms with Gasteiger partial charge in [0, 0.05) is 25.2 Å². The first-order valence-corrected chi connectivity index (χ1v) is 6.88. The van der Waals surface area contributed by atoms with E-state index in [0.717, 1.165) is 31.9 Å². The van der Waals surface area contributed by atoms with Crippen molar-refractivity contribution in [3.8, 4) is 0 Å². The van der Waals surface area contributed by atoms with Crippen molar-refractivity contribution in [2.45, 2.75) is 13.3 Å². The molecule has 0 aromatic heterocycles. The van der Waals surface area contributed by atoms with E-state index in [9.17, 15) is 10.1 Å². The van der Waals surface area contributed by atoms with Gasteiger partial charge in [0.15, 0.2) is 0 Å². The lowest BCUT2D eigenvalue weighted by molar-refractivity contribution is -0.384.